The SMILES string of the molecule is CC[C@@H](NCc1c(C(=O)N2CCOCC2)nc2c(C)cccn12)c1ccc(F)cc1. The number of nitrogens with zero attached hydrogens (tertiary/aromatic N) is 3. The van der Waals surface area contributed by atoms with E-state index in [-0.39, 0.29) is 17.8 Å². The molecule has 158 valence electrons. The van der Waals surface area contributed by atoms with E-state index in [0.29, 0.717) is 38.5 Å². The summed E-state index contributed by atoms with van der Waals surface area (Å²) in [6.07, 6.45) is 2.79. The van der Waals surface area contributed by atoms with E-state index in [1.807, 2.05) is 29.7 Å². The van der Waals surface area contributed by atoms with Crippen LogP contribution in [0.2, 0.25) is 0 Å². The number of morpholine rings is 1. The van der Waals surface area contributed by atoms with Gasteiger partial charge in [-0.05, 0) is 42.7 Å². The van der Waals surface area contributed by atoms with Gasteiger partial charge < -0.3 is 19.4 Å². The van der Waals surface area contributed by atoms with Crippen LogP contribution in [0.25, 0.3) is 5.65 Å². The number of amides is 1. The van der Waals surface area contributed by atoms with Crippen molar-refractivity contribution in [2.24, 2.45) is 0 Å². The number of benzene rings is 1. The predicted octanol–water partition coefficient (Wildman–Crippen LogP) is 3.50. The number of aryl methyl sites for hydroxylation is 1. The molecule has 1 fully saturated rings. The Balaban J connectivity index is 1.65. The molecule has 6 nitrogen and oxygen atoms in total. The molecular formula is C23H27FN4O2. The van der Waals surface area contributed by atoms with E-state index >= 15 is 0 Å². The monoisotopic (exact) mass is 410 g/mol. The lowest BCUT2D eigenvalue weighted by Crippen LogP contribution is -2.41. The van der Waals surface area contributed by atoms with Gasteiger partial charge in [-0.2, -0.15) is 0 Å². The third kappa shape index (κ3) is 4.08. The molecule has 1 amide bonds. The van der Waals surface area contributed by atoms with Gasteiger partial charge in [-0.1, -0.05) is 25.1 Å². The fourth-order valence-corrected chi connectivity index (χ4v) is 3.92. The highest BCUT2D eigenvalue weighted by molar-refractivity contribution is 5.94. The number of rotatable bonds is 6. The largest absolute Gasteiger partial charge is 0.378 e. The number of hydrogen-bond acceptors (Lipinski definition) is 4. The maximum absolute atomic E-state index is 13.3. The predicted molar refractivity (Wildman–Crippen MR) is 113 cm³/mol. The van der Waals surface area contributed by atoms with E-state index in [9.17, 15) is 9.18 Å². The van der Waals surface area contributed by atoms with Crippen molar-refractivity contribution in [1.29, 1.82) is 0 Å². The summed E-state index contributed by atoms with van der Waals surface area (Å²) >= 11 is 0. The average molecular weight is 410 g/mol. The molecule has 3 heterocycles. The van der Waals surface area contributed by atoms with Crippen LogP contribution < -0.4 is 5.32 Å². The van der Waals surface area contributed by atoms with E-state index < -0.39 is 0 Å². The van der Waals surface area contributed by atoms with Crippen molar-refractivity contribution in [2.75, 3.05) is 26.3 Å². The molecule has 0 unspecified atom stereocenters. The summed E-state index contributed by atoms with van der Waals surface area (Å²) in [4.78, 5) is 19.8. The van der Waals surface area contributed by atoms with E-state index in [4.69, 9.17) is 9.72 Å². The molecule has 1 aliphatic heterocycles. The van der Waals surface area contributed by atoms with Gasteiger partial charge in [-0.25, -0.2) is 9.37 Å². The minimum absolute atomic E-state index is 0.0484. The zero-order valence-electron chi connectivity index (χ0n) is 17.4. The Morgan fingerprint density at radius 3 is 2.67 bits per heavy atom. The number of imidazole rings is 1. The summed E-state index contributed by atoms with van der Waals surface area (Å²) in [5.41, 5.74) is 4.15. The fourth-order valence-electron chi connectivity index (χ4n) is 3.92. The Labute approximate surface area is 175 Å². The van der Waals surface area contributed by atoms with Gasteiger partial charge in [0.1, 0.15) is 11.5 Å². The van der Waals surface area contributed by atoms with Gasteiger partial charge in [0.2, 0.25) is 0 Å². The molecule has 0 spiro atoms. The number of aromatic nitrogens is 2. The number of carbonyl (C=O) groups is 1. The highest BCUT2D eigenvalue weighted by Crippen LogP contribution is 2.21. The van der Waals surface area contributed by atoms with Crippen molar-refractivity contribution >= 4 is 11.6 Å². The number of nitrogens with one attached hydrogen (secondary N) is 1. The van der Waals surface area contributed by atoms with E-state index in [2.05, 4.69) is 12.2 Å². The Morgan fingerprint density at radius 1 is 1.23 bits per heavy atom. The molecular weight excluding hydrogens is 383 g/mol. The summed E-state index contributed by atoms with van der Waals surface area (Å²) in [6.45, 7) is 6.81. The van der Waals surface area contributed by atoms with Gasteiger partial charge in [0, 0.05) is 31.9 Å². The van der Waals surface area contributed by atoms with E-state index in [1.54, 1.807) is 17.0 Å². The van der Waals surface area contributed by atoms with Crippen LogP contribution in [-0.4, -0.2) is 46.5 Å². The number of fused-ring (bicyclic) bond motifs is 1. The average Bonchev–Trinajstić information content (AvgIpc) is 3.15. The van der Waals surface area contributed by atoms with Crippen LogP contribution in [-0.2, 0) is 11.3 Å². The van der Waals surface area contributed by atoms with Crippen molar-refractivity contribution in [3.8, 4) is 0 Å². The van der Waals surface area contributed by atoms with Gasteiger partial charge in [0.25, 0.3) is 5.91 Å². The first kappa shape index (κ1) is 20.5. The second-order valence-corrected chi connectivity index (χ2v) is 7.59. The summed E-state index contributed by atoms with van der Waals surface area (Å²) in [6, 6.07) is 10.6. The maximum Gasteiger partial charge on any atom is 0.274 e. The van der Waals surface area contributed by atoms with Crippen LogP contribution in [0.1, 0.15) is 46.7 Å². The Hall–Kier alpha value is -2.77. The molecule has 0 aliphatic carbocycles. The number of carbonyl (C=O) groups excluding carboxylic acids is 1. The number of hydrogen-bond donors (Lipinski definition) is 1. The van der Waals surface area contributed by atoms with Crippen LogP contribution in [0, 0.1) is 12.7 Å². The molecule has 1 aliphatic rings. The Bertz CT molecular complexity index is 1030. The smallest absolute Gasteiger partial charge is 0.274 e. The van der Waals surface area contributed by atoms with Crippen LogP contribution in [0.5, 0.6) is 0 Å². The molecule has 0 saturated carbocycles. The van der Waals surface area contributed by atoms with Gasteiger partial charge in [-0.15, -0.1) is 0 Å². The fraction of sp³-hybridized carbons (Fsp3) is 0.391. The lowest BCUT2D eigenvalue weighted by Gasteiger charge is -2.26. The third-order valence-corrected chi connectivity index (χ3v) is 5.64. The molecule has 30 heavy (non-hydrogen) atoms. The van der Waals surface area contributed by atoms with Crippen molar-refractivity contribution < 1.29 is 13.9 Å². The third-order valence-electron chi connectivity index (χ3n) is 5.64. The summed E-state index contributed by atoms with van der Waals surface area (Å²) in [7, 11) is 0. The lowest BCUT2D eigenvalue weighted by molar-refractivity contribution is 0.0298. The summed E-state index contributed by atoms with van der Waals surface area (Å²) in [5.74, 6) is -0.308. The standard InChI is InChI=1S/C23H27FN4O2/c1-3-19(17-6-8-18(24)9-7-17)25-15-20-21(23(29)27-11-13-30-14-12-27)26-22-16(2)5-4-10-28(20)22/h4-10,19,25H,3,11-15H2,1-2H3/t19-/m1/s1. The molecule has 1 atom stereocenters. The van der Waals surface area contributed by atoms with Crippen LogP contribution >= 0.6 is 0 Å². The summed E-state index contributed by atoms with van der Waals surface area (Å²) in [5, 5.41) is 3.54. The molecule has 3 aromatic rings. The van der Waals surface area contributed by atoms with Gasteiger partial charge >= 0.3 is 0 Å². The van der Waals surface area contributed by atoms with Crippen LogP contribution in [0.4, 0.5) is 4.39 Å². The zero-order chi connectivity index (χ0) is 21.1. The van der Waals surface area contributed by atoms with Gasteiger partial charge in [0.05, 0.1) is 18.9 Å². The quantitative estimate of drug-likeness (QED) is 0.676. The minimum Gasteiger partial charge on any atom is -0.378 e. The topological polar surface area (TPSA) is 58.9 Å². The molecule has 0 bridgehead atoms. The molecule has 4 rings (SSSR count). The molecule has 0 radical (unpaired) electrons. The molecule has 1 N–H and O–H groups in total. The lowest BCUT2D eigenvalue weighted by atomic mass is 10.0. The first-order chi connectivity index (χ1) is 14.6. The van der Waals surface area contributed by atoms with E-state index in [0.717, 1.165) is 28.9 Å². The zero-order valence-corrected chi connectivity index (χ0v) is 17.4. The van der Waals surface area contributed by atoms with Crippen LogP contribution in [0.15, 0.2) is 42.6 Å². The highest BCUT2D eigenvalue weighted by Gasteiger charge is 2.26. The van der Waals surface area contributed by atoms with Gasteiger partial charge in [0.15, 0.2) is 5.69 Å². The van der Waals surface area contributed by atoms with E-state index in [1.165, 1.54) is 12.1 Å². The second kappa shape index (κ2) is 8.93. The molecule has 1 aromatic carbocycles. The Morgan fingerprint density at radius 2 is 1.97 bits per heavy atom. The minimum atomic E-state index is -0.246. The first-order valence-corrected chi connectivity index (χ1v) is 10.4. The van der Waals surface area contributed by atoms with Crippen molar-refractivity contribution in [2.45, 2.75) is 32.9 Å². The molecule has 7 heteroatoms. The molecule has 1 saturated heterocycles. The Kier molecular flexibility index (Phi) is 6.11. The van der Waals surface area contributed by atoms with Crippen molar-refractivity contribution in [3.63, 3.8) is 0 Å². The maximum atomic E-state index is 13.3. The number of pyridine rings is 1. The summed E-state index contributed by atoms with van der Waals surface area (Å²) < 4.78 is 20.7. The second-order valence-electron chi connectivity index (χ2n) is 7.59. The van der Waals surface area contributed by atoms with Crippen molar-refractivity contribution in [1.82, 2.24) is 19.6 Å². The number of halogens is 1. The number of ether oxygens (including phenoxy) is 1. The first-order valence-electron chi connectivity index (χ1n) is 10.4. The van der Waals surface area contributed by atoms with Crippen molar-refractivity contribution in [3.05, 3.63) is 70.9 Å². The highest BCUT2D eigenvalue weighted by atomic mass is 19.1. The van der Waals surface area contributed by atoms with Crippen LogP contribution in [0.3, 0.4) is 0 Å². The van der Waals surface area contributed by atoms with Gasteiger partial charge in [-0.3, -0.25) is 4.79 Å². The molecule has 2 aromatic heterocycles. The normalized spacial score (nSPS) is 15.5.